The zero-order valence-corrected chi connectivity index (χ0v) is 36.4. The number of rotatable bonds is 16. The molecule has 0 spiro atoms. The molecule has 0 aliphatic carbocycles. The van der Waals surface area contributed by atoms with Crippen molar-refractivity contribution in [1.29, 1.82) is 0 Å². The molecule has 5 atom stereocenters. The van der Waals surface area contributed by atoms with Gasteiger partial charge in [-0.3, -0.25) is 14.1 Å². The van der Waals surface area contributed by atoms with Crippen molar-refractivity contribution in [2.75, 3.05) is 73.0 Å². The number of para-hydroxylation sites is 2. The number of carbonyl (C=O) groups is 2. The van der Waals surface area contributed by atoms with Crippen LogP contribution >= 0.6 is 19.8 Å². The van der Waals surface area contributed by atoms with Gasteiger partial charge in [-0.2, -0.15) is 21.0 Å². The van der Waals surface area contributed by atoms with Gasteiger partial charge in [0.05, 0.1) is 74.5 Å². The first kappa shape index (κ1) is 42.7. The molecule has 4 aromatic carbocycles. The lowest BCUT2D eigenvalue weighted by atomic mass is 10.1. The van der Waals surface area contributed by atoms with Crippen molar-refractivity contribution in [3.8, 4) is 23.0 Å². The smallest absolute Gasteiger partial charge is 0.288 e. The van der Waals surface area contributed by atoms with E-state index in [4.69, 9.17) is 31.6 Å². The van der Waals surface area contributed by atoms with Crippen molar-refractivity contribution in [1.82, 2.24) is 0 Å². The molecule has 4 aliphatic rings. The average molecular weight is 893 g/mol. The highest BCUT2D eigenvalue weighted by Gasteiger charge is 2.47. The zero-order chi connectivity index (χ0) is 43.1. The van der Waals surface area contributed by atoms with E-state index in [-0.39, 0.29) is 66.3 Å². The molecule has 3 unspecified atom stereocenters. The molecule has 0 fully saturated rings. The van der Waals surface area contributed by atoms with Gasteiger partial charge in [0.25, 0.3) is 21.9 Å². The molecule has 15 nitrogen and oxygen atoms in total. The molecule has 4 aliphatic heterocycles. The Morgan fingerprint density at radius 3 is 1.70 bits per heavy atom. The van der Waals surface area contributed by atoms with Crippen LogP contribution in [0.4, 0.5) is 22.7 Å². The fraction of sp³-hybridized carbons (Fsp3) is 0.395. The maximum absolute atomic E-state index is 14.2. The Hall–Kier alpha value is -4.93. The number of methoxy groups -OCH3 is 2. The van der Waals surface area contributed by atoms with Gasteiger partial charge in [-0.05, 0) is 67.5 Å². The SMILES string of the molecule is COc1cc2c(cc1OCCCP(=O)(CCCO)CCCOc1cc3c(cc1OC)C(=O)N1c4ccccc4C[C@H]1C(S(=O)(=O)O)N3)NC(S)[C@@H]1Cc3ccccc3N1C2=O. The van der Waals surface area contributed by atoms with E-state index in [2.05, 4.69) is 10.6 Å². The minimum atomic E-state index is -4.67. The van der Waals surface area contributed by atoms with Crippen LogP contribution in [0, 0.1) is 0 Å². The van der Waals surface area contributed by atoms with E-state index >= 15 is 0 Å². The number of benzene rings is 4. The van der Waals surface area contributed by atoms with Crippen molar-refractivity contribution in [3.05, 3.63) is 95.1 Å². The summed E-state index contributed by atoms with van der Waals surface area (Å²) in [6.07, 6.45) is 3.15. The molecule has 324 valence electrons. The third-order valence-corrected chi connectivity index (χ3v) is 16.8. The van der Waals surface area contributed by atoms with Crippen LogP contribution in [0.25, 0.3) is 0 Å². The highest BCUT2D eigenvalue weighted by Crippen LogP contribution is 2.48. The van der Waals surface area contributed by atoms with Crippen molar-refractivity contribution >= 4 is 64.5 Å². The number of carbonyl (C=O) groups excluding carboxylic acids is 2. The van der Waals surface area contributed by atoms with Gasteiger partial charge in [-0.1, -0.05) is 36.4 Å². The van der Waals surface area contributed by atoms with E-state index in [0.29, 0.717) is 72.6 Å². The van der Waals surface area contributed by atoms with Crippen LogP contribution in [0.5, 0.6) is 23.0 Å². The van der Waals surface area contributed by atoms with E-state index in [1.165, 1.54) is 31.3 Å². The fourth-order valence-electron chi connectivity index (χ4n) is 8.90. The highest BCUT2D eigenvalue weighted by molar-refractivity contribution is 7.86. The van der Waals surface area contributed by atoms with Crippen molar-refractivity contribution < 1.29 is 51.2 Å². The van der Waals surface area contributed by atoms with Crippen molar-refractivity contribution in [3.63, 3.8) is 0 Å². The minimum Gasteiger partial charge on any atom is -0.493 e. The molecule has 0 saturated carbocycles. The van der Waals surface area contributed by atoms with Gasteiger partial charge in [0.1, 0.15) is 0 Å². The summed E-state index contributed by atoms with van der Waals surface area (Å²) < 4.78 is 73.5. The Morgan fingerprint density at radius 1 is 0.721 bits per heavy atom. The summed E-state index contributed by atoms with van der Waals surface area (Å²) in [7, 11) is -4.53. The van der Waals surface area contributed by atoms with E-state index in [9.17, 15) is 32.2 Å². The molecule has 0 radical (unpaired) electrons. The first-order valence-electron chi connectivity index (χ1n) is 20.2. The summed E-state index contributed by atoms with van der Waals surface area (Å²) in [5.74, 6) is 0.694. The number of aliphatic hydroxyl groups is 1. The predicted octanol–water partition coefficient (Wildman–Crippen LogP) is 6.15. The third-order valence-electron chi connectivity index (χ3n) is 11.8. The van der Waals surface area contributed by atoms with Gasteiger partial charge in [-0.15, -0.1) is 0 Å². The summed E-state index contributed by atoms with van der Waals surface area (Å²) in [5.41, 5.74) is 4.66. The third kappa shape index (κ3) is 8.38. The number of hydrogen-bond acceptors (Lipinski definition) is 13. The predicted molar refractivity (Wildman–Crippen MR) is 237 cm³/mol. The number of anilines is 4. The molecular formula is C43H49N4O11PS2. The lowest BCUT2D eigenvalue weighted by Gasteiger charge is -2.27. The fourth-order valence-corrected chi connectivity index (χ4v) is 13.0. The lowest BCUT2D eigenvalue weighted by molar-refractivity contribution is 0.0974. The minimum absolute atomic E-state index is 0.0997. The van der Waals surface area contributed by atoms with Crippen LogP contribution in [0.1, 0.15) is 51.1 Å². The number of amides is 2. The molecule has 18 heteroatoms. The quantitative estimate of drug-likeness (QED) is 0.0373. The van der Waals surface area contributed by atoms with Crippen LogP contribution in [-0.4, -0.2) is 105 Å². The number of fused-ring (bicyclic) bond motifs is 8. The zero-order valence-electron chi connectivity index (χ0n) is 33.8. The Labute approximate surface area is 360 Å². The summed E-state index contributed by atoms with van der Waals surface area (Å²) in [5, 5.41) is 14.1. The monoisotopic (exact) mass is 892 g/mol. The number of thiol groups is 1. The molecular weight excluding hydrogens is 844 g/mol. The molecule has 2 amide bonds. The van der Waals surface area contributed by atoms with E-state index in [1.807, 2.05) is 36.4 Å². The number of hydrogen-bond donors (Lipinski definition) is 5. The molecule has 4 heterocycles. The van der Waals surface area contributed by atoms with Crippen molar-refractivity contribution in [2.24, 2.45) is 0 Å². The largest absolute Gasteiger partial charge is 0.493 e. The van der Waals surface area contributed by atoms with Gasteiger partial charge in [0.2, 0.25) is 0 Å². The van der Waals surface area contributed by atoms with Crippen LogP contribution in [0.3, 0.4) is 0 Å². The normalized spacial score (nSPS) is 20.9. The topological polar surface area (TPSA) is 193 Å². The number of aliphatic hydroxyl groups excluding tert-OH is 1. The second-order valence-corrected chi connectivity index (χ2v) is 21.2. The molecule has 4 aromatic rings. The molecule has 4 N–H and O–H groups in total. The number of nitrogens with one attached hydrogen (secondary N) is 2. The lowest BCUT2D eigenvalue weighted by Crippen LogP contribution is -2.49. The van der Waals surface area contributed by atoms with E-state index < -0.39 is 34.6 Å². The molecule has 0 bridgehead atoms. The summed E-state index contributed by atoms with van der Waals surface area (Å²) >= 11 is 4.84. The standard InChI is InChI=1S/C43H49N4O11PS2/c1-55-36-22-28-30(44-40(60)34-20-26-10-3-5-12-32(26)46(34)42(28)49)24-38(36)57-15-8-18-59(51,17-7-14-48)19-9-16-58-39-25-31-29(23-37(39)56-2)43(50)47-33-13-6-4-11-27(33)21-35(47)41(45-31)61(52,53)54/h3-6,10-13,22-25,34-35,40-41,44-45,48,60H,7-9,14-21H2,1-2H3,(H,52,53,54)/t34-,35-,40?,41?,59?/m0/s1. The second kappa shape index (κ2) is 17.4. The molecule has 61 heavy (non-hydrogen) atoms. The number of nitrogens with zero attached hydrogens (tertiary/aromatic N) is 2. The number of ether oxygens (including phenoxy) is 4. The summed E-state index contributed by atoms with van der Waals surface area (Å²) in [4.78, 5) is 31.1. The van der Waals surface area contributed by atoms with Gasteiger partial charge >= 0.3 is 0 Å². The van der Waals surface area contributed by atoms with Crippen LogP contribution in [-0.2, 0) is 27.5 Å². The molecule has 0 saturated heterocycles. The van der Waals surface area contributed by atoms with Crippen molar-refractivity contribution in [2.45, 2.75) is 54.9 Å². The van der Waals surface area contributed by atoms with Gasteiger partial charge in [-0.25, -0.2) is 0 Å². The summed E-state index contributed by atoms with van der Waals surface area (Å²) in [6, 6.07) is 20.3. The second-order valence-electron chi connectivity index (χ2n) is 15.6. The maximum atomic E-state index is 14.2. The first-order chi connectivity index (χ1) is 29.3. The van der Waals surface area contributed by atoms with E-state index in [1.54, 1.807) is 29.2 Å². The summed E-state index contributed by atoms with van der Waals surface area (Å²) in [6.45, 7) is 0.250. The van der Waals surface area contributed by atoms with Crippen LogP contribution in [0.15, 0.2) is 72.8 Å². The average Bonchev–Trinajstić information content (AvgIpc) is 3.77. The maximum Gasteiger partial charge on any atom is 0.288 e. The highest BCUT2D eigenvalue weighted by atomic mass is 32.2. The van der Waals surface area contributed by atoms with Gasteiger partial charge in [0, 0.05) is 48.6 Å². The van der Waals surface area contributed by atoms with Gasteiger partial charge in [0.15, 0.2) is 28.4 Å². The Kier molecular flexibility index (Phi) is 12.2. The Balaban J connectivity index is 0.912. The Morgan fingerprint density at radius 2 is 1.20 bits per heavy atom. The van der Waals surface area contributed by atoms with E-state index in [0.717, 1.165) is 16.8 Å². The van der Waals surface area contributed by atoms with Gasteiger partial charge < -0.3 is 49.1 Å². The molecule has 0 aromatic heterocycles. The Bertz CT molecular complexity index is 2510. The molecule has 8 rings (SSSR count). The van der Waals surface area contributed by atoms with Crippen LogP contribution in [0.2, 0.25) is 0 Å². The first-order valence-corrected chi connectivity index (χ1v) is 24.5. The van der Waals surface area contributed by atoms with Crippen LogP contribution < -0.4 is 39.4 Å².